The van der Waals surface area contributed by atoms with Gasteiger partial charge in [0.15, 0.2) is 0 Å². The Morgan fingerprint density at radius 2 is 2.26 bits per heavy atom. The monoisotopic (exact) mass is 422 g/mol. The van der Waals surface area contributed by atoms with Gasteiger partial charge < -0.3 is 9.47 Å². The van der Waals surface area contributed by atoms with Gasteiger partial charge >= 0.3 is 0 Å². The predicted octanol–water partition coefficient (Wildman–Crippen LogP) is 2.15. The minimum atomic E-state index is 0.0803. The maximum atomic E-state index is 10.8. The SMILES string of the molecule is C=C(C=O)CN(C)C1CC(Oc2nc(-c3cnn([C@@H]4CCOC4)c3)cn3nccc23)C1. The second kappa shape index (κ2) is 8.24. The number of hydrogen-bond donors (Lipinski definition) is 0. The lowest BCUT2D eigenvalue weighted by Crippen LogP contribution is -2.48. The number of rotatable bonds is 8. The van der Waals surface area contributed by atoms with Crippen LogP contribution >= 0.6 is 0 Å². The zero-order valence-corrected chi connectivity index (χ0v) is 17.6. The van der Waals surface area contributed by atoms with Crippen LogP contribution in [0.1, 0.15) is 25.3 Å². The van der Waals surface area contributed by atoms with Crippen LogP contribution in [0.4, 0.5) is 0 Å². The van der Waals surface area contributed by atoms with E-state index in [1.54, 1.807) is 10.7 Å². The molecule has 3 aromatic heterocycles. The minimum absolute atomic E-state index is 0.0803. The van der Waals surface area contributed by atoms with Gasteiger partial charge in [0.2, 0.25) is 5.88 Å². The van der Waals surface area contributed by atoms with E-state index in [0.29, 0.717) is 30.6 Å². The lowest BCUT2D eigenvalue weighted by Gasteiger charge is -2.40. The molecule has 9 nitrogen and oxygen atoms in total. The van der Waals surface area contributed by atoms with Crippen LogP contribution in [0.25, 0.3) is 16.8 Å². The summed E-state index contributed by atoms with van der Waals surface area (Å²) in [6.45, 7) is 5.81. The van der Waals surface area contributed by atoms with Crippen molar-refractivity contribution in [3.8, 4) is 17.1 Å². The molecule has 0 amide bonds. The van der Waals surface area contributed by atoms with Crippen LogP contribution in [0.2, 0.25) is 0 Å². The summed E-state index contributed by atoms with van der Waals surface area (Å²) >= 11 is 0. The third-order valence-electron chi connectivity index (χ3n) is 6.12. The largest absolute Gasteiger partial charge is 0.473 e. The van der Waals surface area contributed by atoms with Gasteiger partial charge in [-0.05, 0) is 25.1 Å². The number of nitrogens with zero attached hydrogens (tertiary/aromatic N) is 6. The number of fused-ring (bicyclic) bond motifs is 1. The fourth-order valence-electron chi connectivity index (χ4n) is 4.16. The molecule has 2 fully saturated rings. The molecule has 1 saturated carbocycles. The smallest absolute Gasteiger partial charge is 0.240 e. The van der Waals surface area contributed by atoms with Crippen molar-refractivity contribution in [2.75, 3.05) is 26.8 Å². The summed E-state index contributed by atoms with van der Waals surface area (Å²) in [4.78, 5) is 17.8. The van der Waals surface area contributed by atoms with Crippen molar-refractivity contribution in [2.24, 2.45) is 0 Å². The molecule has 4 heterocycles. The minimum Gasteiger partial charge on any atom is -0.473 e. The van der Waals surface area contributed by atoms with Gasteiger partial charge in [-0.3, -0.25) is 14.4 Å². The Kier molecular flexibility index (Phi) is 5.29. The second-order valence-electron chi connectivity index (χ2n) is 8.38. The van der Waals surface area contributed by atoms with Crippen molar-refractivity contribution in [2.45, 2.75) is 37.5 Å². The normalized spacial score (nSPS) is 23.2. The Morgan fingerprint density at radius 3 is 3.03 bits per heavy atom. The zero-order valence-electron chi connectivity index (χ0n) is 17.6. The Hall–Kier alpha value is -3.04. The summed E-state index contributed by atoms with van der Waals surface area (Å²) in [6, 6.07) is 2.55. The molecule has 0 unspecified atom stereocenters. The highest BCUT2D eigenvalue weighted by atomic mass is 16.5. The molecule has 5 rings (SSSR count). The Morgan fingerprint density at radius 1 is 1.39 bits per heavy atom. The first-order valence-corrected chi connectivity index (χ1v) is 10.6. The van der Waals surface area contributed by atoms with Crippen LogP contribution in [0.5, 0.6) is 5.88 Å². The molecule has 0 aromatic carbocycles. The van der Waals surface area contributed by atoms with Crippen LogP contribution in [-0.2, 0) is 9.53 Å². The zero-order chi connectivity index (χ0) is 21.4. The average molecular weight is 422 g/mol. The van der Waals surface area contributed by atoms with E-state index < -0.39 is 0 Å². The molecule has 1 saturated heterocycles. The first kappa shape index (κ1) is 19.9. The molecule has 31 heavy (non-hydrogen) atoms. The quantitative estimate of drug-likeness (QED) is 0.406. The molecule has 162 valence electrons. The first-order valence-electron chi connectivity index (χ1n) is 10.6. The van der Waals surface area contributed by atoms with Gasteiger partial charge in [-0.2, -0.15) is 10.2 Å². The van der Waals surface area contributed by atoms with Gasteiger partial charge in [-0.1, -0.05) is 6.58 Å². The van der Waals surface area contributed by atoms with E-state index in [4.69, 9.17) is 14.5 Å². The van der Waals surface area contributed by atoms with Gasteiger partial charge in [0.25, 0.3) is 0 Å². The van der Waals surface area contributed by atoms with E-state index in [2.05, 4.69) is 21.7 Å². The molecule has 1 atom stereocenters. The van der Waals surface area contributed by atoms with E-state index >= 15 is 0 Å². The molecule has 1 aliphatic heterocycles. The summed E-state index contributed by atoms with van der Waals surface area (Å²) in [5.74, 6) is 0.579. The highest BCUT2D eigenvalue weighted by Gasteiger charge is 2.34. The second-order valence-corrected chi connectivity index (χ2v) is 8.38. The van der Waals surface area contributed by atoms with Crippen LogP contribution < -0.4 is 4.74 Å². The van der Waals surface area contributed by atoms with Gasteiger partial charge in [0.1, 0.15) is 17.9 Å². The summed E-state index contributed by atoms with van der Waals surface area (Å²) in [6.07, 6.45) is 11.1. The average Bonchev–Trinajstić information content (AvgIpc) is 3.50. The topological polar surface area (TPSA) is 86.8 Å². The molecule has 9 heteroatoms. The maximum Gasteiger partial charge on any atom is 0.240 e. The van der Waals surface area contributed by atoms with E-state index in [-0.39, 0.29) is 12.1 Å². The Labute approximate surface area is 180 Å². The van der Waals surface area contributed by atoms with Gasteiger partial charge in [0.05, 0.1) is 36.9 Å². The number of carbonyl (C=O) groups excluding carboxylic acids is 1. The lowest BCUT2D eigenvalue weighted by atomic mass is 9.88. The lowest BCUT2D eigenvalue weighted by molar-refractivity contribution is -0.105. The van der Waals surface area contributed by atoms with E-state index in [1.165, 1.54) is 0 Å². The molecular formula is C22H26N6O3. The third-order valence-corrected chi connectivity index (χ3v) is 6.12. The molecule has 1 aliphatic carbocycles. The fraction of sp³-hybridized carbons (Fsp3) is 0.455. The van der Waals surface area contributed by atoms with Crippen molar-refractivity contribution in [3.05, 3.63) is 43.0 Å². The molecule has 0 N–H and O–H groups in total. The van der Waals surface area contributed by atoms with E-state index in [0.717, 1.165) is 48.9 Å². The summed E-state index contributed by atoms with van der Waals surface area (Å²) in [5, 5.41) is 8.89. The van der Waals surface area contributed by atoms with Crippen molar-refractivity contribution in [1.82, 2.24) is 29.3 Å². The Bertz CT molecular complexity index is 1090. The van der Waals surface area contributed by atoms with E-state index in [1.807, 2.05) is 36.4 Å². The number of aldehydes is 1. The highest BCUT2D eigenvalue weighted by Crippen LogP contribution is 2.32. The van der Waals surface area contributed by atoms with Crippen molar-refractivity contribution in [1.29, 1.82) is 0 Å². The standard InChI is InChI=1S/C22H26N6O3/c1-15(13-29)10-26(2)18-7-19(8-18)31-22-21-3-5-23-28(21)12-20(25-22)16-9-24-27(11-16)17-4-6-30-14-17/h3,5,9,11-13,17-19H,1,4,6-8,10,14H2,2H3/t17-,18?,19?/m1/s1. The summed E-state index contributed by atoms with van der Waals surface area (Å²) in [7, 11) is 2.01. The maximum absolute atomic E-state index is 10.8. The van der Waals surface area contributed by atoms with Crippen LogP contribution in [0, 0.1) is 0 Å². The molecule has 0 bridgehead atoms. The Balaban J connectivity index is 1.31. The number of likely N-dealkylation sites (N-methyl/N-ethyl adjacent to an activating group) is 1. The number of ether oxygens (including phenoxy) is 2. The van der Waals surface area contributed by atoms with Gasteiger partial charge in [-0.15, -0.1) is 0 Å². The molecule has 3 aromatic rings. The summed E-state index contributed by atoms with van der Waals surface area (Å²) < 4.78 is 15.5. The van der Waals surface area contributed by atoms with Crippen LogP contribution in [-0.4, -0.2) is 74.5 Å². The fourth-order valence-corrected chi connectivity index (χ4v) is 4.16. The van der Waals surface area contributed by atoms with Crippen LogP contribution in [0.3, 0.4) is 0 Å². The molecule has 0 spiro atoms. The van der Waals surface area contributed by atoms with E-state index in [9.17, 15) is 4.79 Å². The first-order chi connectivity index (χ1) is 15.1. The van der Waals surface area contributed by atoms with Crippen molar-refractivity contribution in [3.63, 3.8) is 0 Å². The number of aromatic nitrogens is 5. The van der Waals surface area contributed by atoms with Gasteiger partial charge in [0, 0.05) is 43.8 Å². The number of carbonyl (C=O) groups is 1. The van der Waals surface area contributed by atoms with Crippen molar-refractivity contribution >= 4 is 11.8 Å². The molecule has 2 aliphatic rings. The predicted molar refractivity (Wildman–Crippen MR) is 114 cm³/mol. The number of hydrogen-bond acceptors (Lipinski definition) is 7. The molecule has 0 radical (unpaired) electrons. The third kappa shape index (κ3) is 3.98. The highest BCUT2D eigenvalue weighted by molar-refractivity contribution is 5.72. The van der Waals surface area contributed by atoms with Crippen molar-refractivity contribution < 1.29 is 14.3 Å². The molecular weight excluding hydrogens is 396 g/mol. The summed E-state index contributed by atoms with van der Waals surface area (Å²) in [5.41, 5.74) is 3.12. The van der Waals surface area contributed by atoms with Gasteiger partial charge in [-0.25, -0.2) is 9.50 Å². The van der Waals surface area contributed by atoms with Crippen LogP contribution in [0.15, 0.2) is 43.0 Å².